The topological polar surface area (TPSA) is 83.5 Å². The fraction of sp³-hybridized carbons (Fsp3) is 0.370. The first-order valence-corrected chi connectivity index (χ1v) is 11.7. The molecule has 0 N–H and O–H groups in total. The number of para-hydroxylation sites is 2. The van der Waals surface area contributed by atoms with Gasteiger partial charge in [-0.15, -0.1) is 0 Å². The molecule has 3 aromatic rings. The Morgan fingerprint density at radius 3 is 2.54 bits per heavy atom. The Balaban J connectivity index is 1.58. The summed E-state index contributed by atoms with van der Waals surface area (Å²) < 4.78 is 9.01. The van der Waals surface area contributed by atoms with Crippen LogP contribution in [0.5, 0.6) is 0 Å². The summed E-state index contributed by atoms with van der Waals surface area (Å²) in [6.07, 6.45) is 2.15. The standard InChI is InChI=1S/C27H31N5O3/c1-27(2,3)35-26(34)30-14-12-22(13-15-30)32-24-11-6-5-10-23(24)31(25(32)33)19-29(4)18-21-9-7-8-20(16-21)17-28/h5-12,16H,13-15,18-19H2,1-4H3. The number of imidazole rings is 1. The molecule has 0 unspecified atom stereocenters. The third kappa shape index (κ3) is 5.47. The molecule has 0 atom stereocenters. The van der Waals surface area contributed by atoms with Gasteiger partial charge in [-0.2, -0.15) is 5.26 Å². The number of nitrogens with zero attached hydrogens (tertiary/aromatic N) is 5. The molecule has 2 heterocycles. The van der Waals surface area contributed by atoms with Gasteiger partial charge in [-0.1, -0.05) is 24.3 Å². The minimum atomic E-state index is -0.548. The molecule has 1 amide bonds. The molecule has 0 radical (unpaired) electrons. The van der Waals surface area contributed by atoms with Crippen molar-refractivity contribution in [2.45, 2.75) is 46.0 Å². The van der Waals surface area contributed by atoms with Crippen LogP contribution in [0.15, 0.2) is 59.4 Å². The maximum Gasteiger partial charge on any atom is 0.410 e. The summed E-state index contributed by atoms with van der Waals surface area (Å²) in [5.74, 6) is 0. The minimum absolute atomic E-state index is 0.110. The first kappa shape index (κ1) is 24.3. The van der Waals surface area contributed by atoms with E-state index in [1.807, 2.05) is 81.3 Å². The molecule has 1 aliphatic heterocycles. The van der Waals surface area contributed by atoms with Crippen molar-refractivity contribution in [3.05, 3.63) is 76.2 Å². The van der Waals surface area contributed by atoms with Crippen LogP contribution >= 0.6 is 0 Å². The Morgan fingerprint density at radius 1 is 1.14 bits per heavy atom. The average molecular weight is 474 g/mol. The van der Waals surface area contributed by atoms with Crippen molar-refractivity contribution in [1.29, 1.82) is 5.26 Å². The highest BCUT2D eigenvalue weighted by atomic mass is 16.6. The number of benzene rings is 2. The van der Waals surface area contributed by atoms with E-state index in [0.717, 1.165) is 22.3 Å². The molecule has 2 aromatic carbocycles. The third-order valence-corrected chi connectivity index (χ3v) is 5.85. The second-order valence-corrected chi connectivity index (χ2v) is 9.87. The summed E-state index contributed by atoms with van der Waals surface area (Å²) in [5.41, 5.74) is 3.55. The Bertz CT molecular complexity index is 1370. The fourth-order valence-corrected chi connectivity index (χ4v) is 4.32. The van der Waals surface area contributed by atoms with E-state index >= 15 is 0 Å². The number of hydrogen-bond acceptors (Lipinski definition) is 5. The maximum atomic E-state index is 13.6. The molecule has 0 bridgehead atoms. The highest BCUT2D eigenvalue weighted by molar-refractivity contribution is 5.80. The van der Waals surface area contributed by atoms with Crippen LogP contribution in [-0.2, 0) is 18.0 Å². The Kier molecular flexibility index (Phi) is 6.81. The molecule has 8 nitrogen and oxygen atoms in total. The molecular weight excluding hydrogens is 442 g/mol. The van der Waals surface area contributed by atoms with Gasteiger partial charge in [0.15, 0.2) is 0 Å². The van der Waals surface area contributed by atoms with Crippen molar-refractivity contribution >= 4 is 22.8 Å². The number of aromatic nitrogens is 2. The number of fused-ring (bicyclic) bond motifs is 1. The SMILES string of the molecule is CN(Cc1cccc(C#N)c1)Cn1c(=O)n(C2=CCN(C(=O)OC(C)(C)C)CC2)c2ccccc21. The van der Waals surface area contributed by atoms with Crippen LogP contribution < -0.4 is 5.69 Å². The molecule has 4 rings (SSSR count). The average Bonchev–Trinajstić information content (AvgIpc) is 3.09. The number of carbonyl (C=O) groups is 1. The zero-order valence-corrected chi connectivity index (χ0v) is 20.7. The third-order valence-electron chi connectivity index (χ3n) is 5.85. The van der Waals surface area contributed by atoms with Crippen molar-refractivity contribution < 1.29 is 9.53 Å². The van der Waals surface area contributed by atoms with Crippen LogP contribution in [0.3, 0.4) is 0 Å². The van der Waals surface area contributed by atoms with Crippen molar-refractivity contribution in [2.75, 3.05) is 20.1 Å². The van der Waals surface area contributed by atoms with Gasteiger partial charge in [0.25, 0.3) is 0 Å². The first-order valence-electron chi connectivity index (χ1n) is 11.7. The lowest BCUT2D eigenvalue weighted by molar-refractivity contribution is 0.0269. The van der Waals surface area contributed by atoms with E-state index in [9.17, 15) is 9.59 Å². The zero-order chi connectivity index (χ0) is 25.2. The molecule has 0 fully saturated rings. The number of rotatable bonds is 5. The number of nitriles is 1. The molecule has 0 spiro atoms. The van der Waals surface area contributed by atoms with E-state index in [-0.39, 0.29) is 11.8 Å². The summed E-state index contributed by atoms with van der Waals surface area (Å²) in [7, 11) is 1.95. The number of amides is 1. The van der Waals surface area contributed by atoms with Gasteiger partial charge in [0.05, 0.1) is 29.3 Å². The number of ether oxygens (including phenoxy) is 1. The molecule has 1 aliphatic rings. The second kappa shape index (κ2) is 9.80. The monoisotopic (exact) mass is 473 g/mol. The molecular formula is C27H31N5O3. The smallest absolute Gasteiger partial charge is 0.410 e. The fourth-order valence-electron chi connectivity index (χ4n) is 4.32. The Labute approximate surface area is 205 Å². The van der Waals surface area contributed by atoms with E-state index in [2.05, 4.69) is 6.07 Å². The van der Waals surface area contributed by atoms with Gasteiger partial charge in [-0.05, 0) is 63.7 Å². The van der Waals surface area contributed by atoms with E-state index < -0.39 is 5.60 Å². The molecule has 0 aliphatic carbocycles. The molecule has 8 heteroatoms. The highest BCUT2D eigenvalue weighted by Crippen LogP contribution is 2.23. The minimum Gasteiger partial charge on any atom is -0.444 e. The Hall–Kier alpha value is -3.83. The van der Waals surface area contributed by atoms with Crippen molar-refractivity contribution in [3.63, 3.8) is 0 Å². The van der Waals surface area contributed by atoms with E-state index in [4.69, 9.17) is 10.00 Å². The lowest BCUT2D eigenvalue weighted by atomic mass is 10.1. The van der Waals surface area contributed by atoms with E-state index in [1.165, 1.54) is 0 Å². The van der Waals surface area contributed by atoms with E-state index in [0.29, 0.717) is 38.3 Å². The summed E-state index contributed by atoms with van der Waals surface area (Å²) in [6, 6.07) is 17.4. The number of hydrogen-bond donors (Lipinski definition) is 0. The first-order chi connectivity index (χ1) is 16.7. The predicted molar refractivity (Wildman–Crippen MR) is 136 cm³/mol. The van der Waals surface area contributed by atoms with Crippen molar-refractivity contribution in [2.24, 2.45) is 0 Å². The van der Waals surface area contributed by atoms with Crippen molar-refractivity contribution in [1.82, 2.24) is 18.9 Å². The van der Waals surface area contributed by atoms with Crippen LogP contribution in [0.1, 0.15) is 38.3 Å². The van der Waals surface area contributed by atoms with Gasteiger partial charge < -0.3 is 9.64 Å². The molecule has 1 aromatic heterocycles. The molecule has 0 saturated carbocycles. The van der Waals surface area contributed by atoms with Gasteiger partial charge in [0, 0.05) is 31.8 Å². The van der Waals surface area contributed by atoms with Crippen LogP contribution in [0.4, 0.5) is 4.79 Å². The summed E-state index contributed by atoms with van der Waals surface area (Å²) in [4.78, 5) is 29.7. The van der Waals surface area contributed by atoms with Crippen LogP contribution in [0, 0.1) is 11.3 Å². The second-order valence-electron chi connectivity index (χ2n) is 9.87. The Morgan fingerprint density at radius 2 is 1.89 bits per heavy atom. The van der Waals surface area contributed by atoms with Gasteiger partial charge in [0.2, 0.25) is 0 Å². The molecule has 182 valence electrons. The summed E-state index contributed by atoms with van der Waals surface area (Å²) >= 11 is 0. The maximum absolute atomic E-state index is 13.6. The largest absolute Gasteiger partial charge is 0.444 e. The van der Waals surface area contributed by atoms with Crippen LogP contribution in [0.2, 0.25) is 0 Å². The van der Waals surface area contributed by atoms with Gasteiger partial charge >= 0.3 is 11.8 Å². The van der Waals surface area contributed by atoms with Gasteiger partial charge in [-0.25, -0.2) is 9.59 Å². The molecule has 35 heavy (non-hydrogen) atoms. The van der Waals surface area contributed by atoms with Crippen LogP contribution in [0.25, 0.3) is 16.7 Å². The van der Waals surface area contributed by atoms with Crippen molar-refractivity contribution in [3.8, 4) is 6.07 Å². The van der Waals surface area contributed by atoms with Gasteiger partial charge in [0.1, 0.15) is 5.60 Å². The molecule has 0 saturated heterocycles. The van der Waals surface area contributed by atoms with Crippen LogP contribution in [-0.4, -0.2) is 50.8 Å². The normalized spacial score (nSPS) is 14.2. The predicted octanol–water partition coefficient (Wildman–Crippen LogP) is 4.25. The van der Waals surface area contributed by atoms with E-state index in [1.54, 1.807) is 20.1 Å². The van der Waals surface area contributed by atoms with Gasteiger partial charge in [-0.3, -0.25) is 14.0 Å². The highest BCUT2D eigenvalue weighted by Gasteiger charge is 2.25. The lowest BCUT2D eigenvalue weighted by Gasteiger charge is -2.29. The zero-order valence-electron chi connectivity index (χ0n) is 20.7. The summed E-state index contributed by atoms with van der Waals surface area (Å²) in [5, 5.41) is 9.16. The summed E-state index contributed by atoms with van der Waals surface area (Å²) in [6.45, 7) is 7.44. The lowest BCUT2D eigenvalue weighted by Crippen LogP contribution is -2.40. The quantitative estimate of drug-likeness (QED) is 0.553. The number of carbonyl (C=O) groups excluding carboxylic acids is 1.